The molecule has 3 rings (SSSR count). The van der Waals surface area contributed by atoms with Crippen molar-refractivity contribution in [2.24, 2.45) is 0 Å². The summed E-state index contributed by atoms with van der Waals surface area (Å²) >= 11 is 1.54. The number of carbonyl (C=O) groups is 1. The first-order valence-corrected chi connectivity index (χ1v) is 9.21. The lowest BCUT2D eigenvalue weighted by Gasteiger charge is -2.28. The zero-order chi connectivity index (χ0) is 16.4. The van der Waals surface area contributed by atoms with Gasteiger partial charge in [-0.1, -0.05) is 26.7 Å². The predicted molar refractivity (Wildman–Crippen MR) is 91.9 cm³/mol. The van der Waals surface area contributed by atoms with Crippen LogP contribution < -0.4 is 0 Å². The standard InChI is InChI=1S/C18H24N2O2S/c1-12(2)17-19-13(3)16(23-17)18(21)20-10-6-4-5-8-14(20)15-9-7-11-22-15/h7,9,11-12,14H,4-6,8,10H2,1-3H3. The zero-order valence-corrected chi connectivity index (χ0v) is 14.9. The first-order chi connectivity index (χ1) is 11.1. The van der Waals surface area contributed by atoms with Crippen LogP contribution in [0.5, 0.6) is 0 Å². The van der Waals surface area contributed by atoms with Gasteiger partial charge in [0.05, 0.1) is 23.0 Å². The normalized spacial score (nSPS) is 19.1. The Bertz CT molecular complexity index is 661. The monoisotopic (exact) mass is 332 g/mol. The highest BCUT2D eigenvalue weighted by Crippen LogP contribution is 2.34. The van der Waals surface area contributed by atoms with E-state index in [2.05, 4.69) is 18.8 Å². The molecule has 0 bridgehead atoms. The number of rotatable bonds is 3. The van der Waals surface area contributed by atoms with Crippen LogP contribution in [-0.2, 0) is 0 Å². The smallest absolute Gasteiger partial charge is 0.266 e. The number of furan rings is 1. The van der Waals surface area contributed by atoms with Crippen molar-refractivity contribution in [1.29, 1.82) is 0 Å². The van der Waals surface area contributed by atoms with Crippen molar-refractivity contribution in [3.63, 3.8) is 0 Å². The molecule has 0 aromatic carbocycles. The molecule has 2 aromatic rings. The largest absolute Gasteiger partial charge is 0.467 e. The maximum Gasteiger partial charge on any atom is 0.266 e. The number of nitrogens with zero attached hydrogens (tertiary/aromatic N) is 2. The van der Waals surface area contributed by atoms with E-state index in [-0.39, 0.29) is 11.9 Å². The van der Waals surface area contributed by atoms with Gasteiger partial charge in [0.15, 0.2) is 0 Å². The molecule has 4 nitrogen and oxygen atoms in total. The van der Waals surface area contributed by atoms with Gasteiger partial charge in [0.2, 0.25) is 0 Å². The third-order valence-corrected chi connectivity index (χ3v) is 5.83. The van der Waals surface area contributed by atoms with E-state index in [0.29, 0.717) is 5.92 Å². The molecule has 3 heterocycles. The number of hydrogen-bond acceptors (Lipinski definition) is 4. The van der Waals surface area contributed by atoms with Crippen molar-refractivity contribution in [1.82, 2.24) is 9.88 Å². The fraction of sp³-hybridized carbons (Fsp3) is 0.556. The van der Waals surface area contributed by atoms with Crippen LogP contribution in [0.25, 0.3) is 0 Å². The lowest BCUT2D eigenvalue weighted by molar-refractivity contribution is 0.0662. The summed E-state index contributed by atoms with van der Waals surface area (Å²) in [6.45, 7) is 6.96. The lowest BCUT2D eigenvalue weighted by atomic mass is 10.1. The third kappa shape index (κ3) is 3.34. The number of thiazole rings is 1. The van der Waals surface area contributed by atoms with E-state index < -0.39 is 0 Å². The quantitative estimate of drug-likeness (QED) is 0.801. The first-order valence-electron chi connectivity index (χ1n) is 8.39. The topological polar surface area (TPSA) is 46.3 Å². The molecule has 0 radical (unpaired) electrons. The molecule has 0 aliphatic carbocycles. The lowest BCUT2D eigenvalue weighted by Crippen LogP contribution is -2.34. The molecular weight excluding hydrogens is 308 g/mol. The van der Waals surface area contributed by atoms with Gasteiger partial charge in [-0.3, -0.25) is 4.79 Å². The van der Waals surface area contributed by atoms with Gasteiger partial charge < -0.3 is 9.32 Å². The van der Waals surface area contributed by atoms with E-state index in [4.69, 9.17) is 4.42 Å². The maximum atomic E-state index is 13.2. The van der Waals surface area contributed by atoms with Gasteiger partial charge in [0.25, 0.3) is 5.91 Å². The summed E-state index contributed by atoms with van der Waals surface area (Å²) in [6, 6.07) is 3.93. The molecule has 0 saturated carbocycles. The maximum absolute atomic E-state index is 13.2. The van der Waals surface area contributed by atoms with Crippen molar-refractivity contribution in [2.45, 2.75) is 58.4 Å². The number of carbonyl (C=O) groups excluding carboxylic acids is 1. The van der Waals surface area contributed by atoms with Gasteiger partial charge in [-0.2, -0.15) is 0 Å². The van der Waals surface area contributed by atoms with Gasteiger partial charge >= 0.3 is 0 Å². The van der Waals surface area contributed by atoms with Gasteiger partial charge in [-0.25, -0.2) is 4.98 Å². The molecule has 1 saturated heterocycles. The van der Waals surface area contributed by atoms with Gasteiger partial charge in [0.1, 0.15) is 10.6 Å². The van der Waals surface area contributed by atoms with Crippen molar-refractivity contribution < 1.29 is 9.21 Å². The average Bonchev–Trinajstić information content (AvgIpc) is 3.11. The van der Waals surface area contributed by atoms with E-state index in [1.165, 1.54) is 6.42 Å². The number of likely N-dealkylation sites (tertiary alicyclic amines) is 1. The van der Waals surface area contributed by atoms with Crippen LogP contribution in [0, 0.1) is 6.92 Å². The SMILES string of the molecule is Cc1nc(C(C)C)sc1C(=O)N1CCCCCC1c1ccco1. The molecule has 1 atom stereocenters. The van der Waals surface area contributed by atoms with E-state index in [9.17, 15) is 4.79 Å². The van der Waals surface area contributed by atoms with Crippen molar-refractivity contribution >= 4 is 17.2 Å². The molecule has 5 heteroatoms. The van der Waals surface area contributed by atoms with E-state index in [1.54, 1.807) is 17.6 Å². The Morgan fingerprint density at radius 1 is 1.39 bits per heavy atom. The van der Waals surface area contributed by atoms with Crippen LogP contribution in [0.2, 0.25) is 0 Å². The summed E-state index contributed by atoms with van der Waals surface area (Å²) in [7, 11) is 0. The number of hydrogen-bond donors (Lipinski definition) is 0. The van der Waals surface area contributed by atoms with Gasteiger partial charge in [0, 0.05) is 12.5 Å². The number of aromatic nitrogens is 1. The summed E-state index contributed by atoms with van der Waals surface area (Å²) in [6.07, 6.45) is 6.01. The fourth-order valence-electron chi connectivity index (χ4n) is 3.12. The minimum absolute atomic E-state index is 0.0454. The van der Waals surface area contributed by atoms with Crippen LogP contribution in [0.4, 0.5) is 0 Å². The van der Waals surface area contributed by atoms with Crippen molar-refractivity contribution in [3.05, 3.63) is 39.7 Å². The van der Waals surface area contributed by atoms with Crippen LogP contribution in [0.15, 0.2) is 22.8 Å². The molecule has 124 valence electrons. The number of amides is 1. The van der Waals surface area contributed by atoms with Crippen LogP contribution >= 0.6 is 11.3 Å². The Labute approximate surface area is 141 Å². The summed E-state index contributed by atoms with van der Waals surface area (Å²) < 4.78 is 5.61. The molecule has 23 heavy (non-hydrogen) atoms. The third-order valence-electron chi connectivity index (χ3n) is 4.39. The molecule has 1 unspecified atom stereocenters. The second-order valence-corrected chi connectivity index (χ2v) is 7.53. The molecule has 0 N–H and O–H groups in total. The summed E-state index contributed by atoms with van der Waals surface area (Å²) in [5, 5.41) is 1.04. The first kappa shape index (κ1) is 16.2. The highest BCUT2D eigenvalue weighted by molar-refractivity contribution is 7.13. The highest BCUT2D eigenvalue weighted by Gasteiger charge is 2.31. The van der Waals surface area contributed by atoms with E-state index >= 15 is 0 Å². The molecule has 1 aliphatic heterocycles. The molecule has 2 aromatic heterocycles. The predicted octanol–water partition coefficient (Wildman–Crippen LogP) is 4.93. The van der Waals surface area contributed by atoms with Crippen molar-refractivity contribution in [3.8, 4) is 0 Å². The second-order valence-electron chi connectivity index (χ2n) is 6.50. The average molecular weight is 332 g/mol. The molecule has 1 aliphatic rings. The van der Waals surface area contributed by atoms with Gasteiger partial charge in [-0.15, -0.1) is 11.3 Å². The molecule has 1 amide bonds. The van der Waals surface area contributed by atoms with Crippen LogP contribution in [0.3, 0.4) is 0 Å². The molecule has 1 fully saturated rings. The van der Waals surface area contributed by atoms with Gasteiger partial charge in [-0.05, 0) is 31.9 Å². The Balaban J connectivity index is 1.91. The minimum Gasteiger partial charge on any atom is -0.467 e. The zero-order valence-electron chi connectivity index (χ0n) is 14.0. The minimum atomic E-state index is 0.0454. The van der Waals surface area contributed by atoms with E-state index in [1.807, 2.05) is 24.0 Å². The summed E-state index contributed by atoms with van der Waals surface area (Å²) in [4.78, 5) is 20.5. The Morgan fingerprint density at radius 3 is 2.87 bits per heavy atom. The fourth-order valence-corrected chi connectivity index (χ4v) is 4.15. The van der Waals surface area contributed by atoms with Crippen molar-refractivity contribution in [2.75, 3.05) is 6.54 Å². The Kier molecular flexibility index (Phi) is 4.85. The number of aryl methyl sites for hydroxylation is 1. The van der Waals surface area contributed by atoms with Crippen LogP contribution in [0.1, 0.15) is 77.6 Å². The summed E-state index contributed by atoms with van der Waals surface area (Å²) in [5.41, 5.74) is 0.853. The molecular formula is C18H24N2O2S. The molecule has 0 spiro atoms. The Morgan fingerprint density at radius 2 is 2.22 bits per heavy atom. The highest BCUT2D eigenvalue weighted by atomic mass is 32.1. The van der Waals surface area contributed by atoms with Crippen LogP contribution in [-0.4, -0.2) is 22.3 Å². The second kappa shape index (κ2) is 6.87. The Hall–Kier alpha value is -1.62. The van der Waals surface area contributed by atoms with E-state index in [0.717, 1.165) is 47.1 Å². The summed E-state index contributed by atoms with van der Waals surface area (Å²) in [5.74, 6) is 1.35.